The number of rotatable bonds is 9. The predicted molar refractivity (Wildman–Crippen MR) is 96.8 cm³/mol. The fourth-order valence-corrected chi connectivity index (χ4v) is 4.33. The van der Waals surface area contributed by atoms with Gasteiger partial charge >= 0.3 is 14.8 Å². The van der Waals surface area contributed by atoms with Crippen LogP contribution in [0.5, 0.6) is 0 Å². The zero-order chi connectivity index (χ0) is 18.2. The van der Waals surface area contributed by atoms with Gasteiger partial charge in [-0.2, -0.15) is 0 Å². The van der Waals surface area contributed by atoms with Gasteiger partial charge in [-0.3, -0.25) is 0 Å². The number of hydrogen-bond acceptors (Lipinski definition) is 6. The lowest BCUT2D eigenvalue weighted by atomic mass is 10.2. The maximum absolute atomic E-state index is 12.1. The maximum Gasteiger partial charge on any atom is 0.543 e. The van der Waals surface area contributed by atoms with Gasteiger partial charge in [-0.1, -0.05) is 19.1 Å². The summed E-state index contributed by atoms with van der Waals surface area (Å²) < 4.78 is 21.6. The molecule has 24 heavy (non-hydrogen) atoms. The van der Waals surface area contributed by atoms with Crippen LogP contribution in [-0.2, 0) is 22.8 Å². The molecule has 1 aromatic rings. The van der Waals surface area contributed by atoms with Gasteiger partial charge in [0, 0.05) is 47.2 Å². The van der Waals surface area contributed by atoms with E-state index < -0.39 is 20.5 Å². The lowest BCUT2D eigenvalue weighted by Crippen LogP contribution is -2.55. The van der Waals surface area contributed by atoms with Crippen LogP contribution < -0.4 is 4.90 Å². The molecule has 6 nitrogen and oxygen atoms in total. The van der Waals surface area contributed by atoms with Crippen molar-refractivity contribution in [2.75, 3.05) is 40.3 Å². The van der Waals surface area contributed by atoms with Crippen molar-refractivity contribution < 1.29 is 22.8 Å². The van der Waals surface area contributed by atoms with Crippen LogP contribution in [0.15, 0.2) is 30.3 Å². The molecule has 0 heterocycles. The molecule has 134 valence electrons. The van der Waals surface area contributed by atoms with Gasteiger partial charge in [-0.25, -0.2) is 4.79 Å². The van der Waals surface area contributed by atoms with Crippen LogP contribution in [-0.4, -0.2) is 55.9 Å². The zero-order valence-corrected chi connectivity index (χ0v) is 16.2. The summed E-state index contributed by atoms with van der Waals surface area (Å²) in [6, 6.07) is 7.85. The molecule has 1 aromatic carbocycles. The Hall–Kier alpha value is -1.67. The first-order chi connectivity index (χ1) is 11.4. The number of nitrogens with zero attached hydrogens (tertiary/aromatic N) is 1. The highest BCUT2D eigenvalue weighted by Crippen LogP contribution is 2.19. The molecule has 1 unspecified atom stereocenters. The molecule has 0 saturated carbocycles. The van der Waals surface area contributed by atoms with Crippen LogP contribution in [0.4, 0.5) is 5.69 Å². The van der Waals surface area contributed by atoms with Gasteiger partial charge < -0.3 is 22.9 Å². The van der Waals surface area contributed by atoms with E-state index in [1.807, 2.05) is 50.2 Å². The summed E-state index contributed by atoms with van der Waals surface area (Å²) in [5.41, 5.74) is 1.46. The monoisotopic (exact) mass is 353 g/mol. The predicted octanol–water partition coefficient (Wildman–Crippen LogP) is 2.50. The fraction of sp³-hybridized carbons (Fsp3) is 0.471. The molecule has 0 aliphatic carbocycles. The highest BCUT2D eigenvalue weighted by atomic mass is 28.4. The third kappa shape index (κ3) is 5.17. The second-order valence-corrected chi connectivity index (χ2v) is 8.44. The largest absolute Gasteiger partial charge is 0.543 e. The van der Waals surface area contributed by atoms with Gasteiger partial charge in [-0.05, 0) is 30.2 Å². The number of ether oxygens (including phenoxy) is 1. The normalized spacial score (nSPS) is 13.1. The van der Waals surface area contributed by atoms with Crippen LogP contribution in [0.25, 0.3) is 6.08 Å². The van der Waals surface area contributed by atoms with Crippen LogP contribution in [0.1, 0.15) is 18.9 Å². The molecule has 0 amide bonds. The van der Waals surface area contributed by atoms with E-state index >= 15 is 0 Å². The van der Waals surface area contributed by atoms with Crippen molar-refractivity contribution in [1.82, 2.24) is 0 Å². The maximum atomic E-state index is 12.1. The van der Waals surface area contributed by atoms with Crippen molar-refractivity contribution in [2.24, 2.45) is 0 Å². The second kappa shape index (κ2) is 9.58. The molecule has 0 radical (unpaired) electrons. The molecular formula is C17H27NO5Si. The Morgan fingerprint density at radius 3 is 2.08 bits per heavy atom. The molecule has 0 aliphatic rings. The molecule has 0 fully saturated rings. The summed E-state index contributed by atoms with van der Waals surface area (Å²) in [5, 5.41) is 0. The van der Waals surface area contributed by atoms with E-state index in [0.717, 1.165) is 11.3 Å². The number of anilines is 1. The van der Waals surface area contributed by atoms with Crippen molar-refractivity contribution in [3.63, 3.8) is 0 Å². The van der Waals surface area contributed by atoms with Crippen LogP contribution in [0.2, 0.25) is 0 Å². The Morgan fingerprint density at radius 2 is 1.67 bits per heavy atom. The molecule has 0 saturated heterocycles. The Kier molecular flexibility index (Phi) is 8.13. The summed E-state index contributed by atoms with van der Waals surface area (Å²) in [7, 11) is 5.43. The van der Waals surface area contributed by atoms with Crippen LogP contribution in [0, 0.1) is 0 Å². The van der Waals surface area contributed by atoms with Gasteiger partial charge in [0.05, 0.1) is 0 Å². The summed E-state index contributed by atoms with van der Waals surface area (Å²) in [4.78, 5) is 14.1. The number of hydrogen-bond donors (Lipinski definition) is 0. The molecule has 0 aliphatic heterocycles. The molecule has 0 bridgehead atoms. The van der Waals surface area contributed by atoms with E-state index in [0.29, 0.717) is 6.42 Å². The minimum absolute atomic E-state index is 0.457. The van der Waals surface area contributed by atoms with Gasteiger partial charge in [0.1, 0.15) is 0 Å². The topological polar surface area (TPSA) is 57.2 Å². The smallest absolute Gasteiger partial charge is 0.455 e. The summed E-state index contributed by atoms with van der Waals surface area (Å²) in [5.74, 6) is -0.457. The average Bonchev–Trinajstić information content (AvgIpc) is 2.61. The first kappa shape index (κ1) is 20.4. The van der Waals surface area contributed by atoms with E-state index in [4.69, 9.17) is 18.0 Å². The molecule has 1 rings (SSSR count). The molecular weight excluding hydrogens is 326 g/mol. The quantitative estimate of drug-likeness (QED) is 0.386. The molecule has 0 spiro atoms. The Balaban J connectivity index is 2.75. The third-order valence-electron chi connectivity index (χ3n) is 3.70. The SMILES string of the molecule is CCC(OC(=O)C=Cc1ccc(N(C)C)cc1)[Si](OC)(OC)OC. The van der Waals surface area contributed by atoms with E-state index in [9.17, 15) is 4.79 Å². The van der Waals surface area contributed by atoms with Crippen molar-refractivity contribution in [3.8, 4) is 0 Å². The summed E-state index contributed by atoms with van der Waals surface area (Å²) >= 11 is 0. The first-order valence-corrected chi connectivity index (χ1v) is 9.54. The minimum atomic E-state index is -3.02. The Bertz CT molecular complexity index is 532. The Labute approximate surface area is 145 Å². The lowest BCUT2D eigenvalue weighted by molar-refractivity contribution is -0.142. The molecule has 1 atom stereocenters. The Morgan fingerprint density at radius 1 is 1.12 bits per heavy atom. The zero-order valence-electron chi connectivity index (χ0n) is 15.2. The van der Waals surface area contributed by atoms with Crippen molar-refractivity contribution in [2.45, 2.75) is 19.1 Å². The summed E-state index contributed by atoms with van der Waals surface area (Å²) in [6.07, 6.45) is 3.65. The first-order valence-electron chi connectivity index (χ1n) is 7.74. The van der Waals surface area contributed by atoms with E-state index in [-0.39, 0.29) is 0 Å². The highest BCUT2D eigenvalue weighted by molar-refractivity contribution is 6.62. The second-order valence-electron chi connectivity index (χ2n) is 5.37. The molecule has 7 heteroatoms. The highest BCUT2D eigenvalue weighted by Gasteiger charge is 2.49. The van der Waals surface area contributed by atoms with Crippen LogP contribution >= 0.6 is 0 Å². The average molecular weight is 353 g/mol. The number of benzene rings is 1. The van der Waals surface area contributed by atoms with Gasteiger partial charge in [0.2, 0.25) is 0 Å². The summed E-state index contributed by atoms with van der Waals surface area (Å²) in [6.45, 7) is 1.89. The van der Waals surface area contributed by atoms with Crippen molar-refractivity contribution in [3.05, 3.63) is 35.9 Å². The van der Waals surface area contributed by atoms with Gasteiger partial charge in [-0.15, -0.1) is 0 Å². The lowest BCUT2D eigenvalue weighted by Gasteiger charge is -2.30. The molecule has 0 N–H and O–H groups in total. The van der Waals surface area contributed by atoms with Crippen LogP contribution in [0.3, 0.4) is 0 Å². The van der Waals surface area contributed by atoms with E-state index in [1.54, 1.807) is 6.08 Å². The van der Waals surface area contributed by atoms with Crippen molar-refractivity contribution >= 4 is 26.5 Å². The van der Waals surface area contributed by atoms with E-state index in [1.165, 1.54) is 27.4 Å². The van der Waals surface area contributed by atoms with Gasteiger partial charge in [0.15, 0.2) is 5.73 Å². The standard InChI is InChI=1S/C17H27NO5Si/c1-7-17(24(20-4,21-5)22-6)23-16(19)13-10-14-8-11-15(12-9-14)18(2)3/h8-13,17H,7H2,1-6H3. The van der Waals surface area contributed by atoms with E-state index in [2.05, 4.69) is 0 Å². The fourth-order valence-electron chi connectivity index (χ4n) is 2.28. The third-order valence-corrected chi connectivity index (χ3v) is 6.72. The number of carbonyl (C=O) groups excluding carboxylic acids is 1. The molecule has 0 aromatic heterocycles. The van der Waals surface area contributed by atoms with Gasteiger partial charge in [0.25, 0.3) is 0 Å². The minimum Gasteiger partial charge on any atom is -0.455 e. The number of carbonyl (C=O) groups is 1. The number of esters is 1. The van der Waals surface area contributed by atoms with Crippen molar-refractivity contribution in [1.29, 1.82) is 0 Å².